The molecule has 1 rings (SSSR count). The van der Waals surface area contributed by atoms with Gasteiger partial charge in [0, 0.05) is 21.9 Å². The van der Waals surface area contributed by atoms with Crippen molar-refractivity contribution < 1.29 is 8.42 Å². The molecule has 0 aliphatic heterocycles. The number of rotatable bonds is 4. The Morgan fingerprint density at radius 3 is 2.26 bits per heavy atom. The fourth-order valence-electron chi connectivity index (χ4n) is 1.22. The first kappa shape index (κ1) is 15.8. The van der Waals surface area contributed by atoms with Gasteiger partial charge in [0.05, 0.1) is 5.25 Å². The SMILES string of the molecule is CC(C)S(=O)(=O)/C(C#N)=C/Nc1cc(Cl)cc(Cl)c1. The lowest BCUT2D eigenvalue weighted by Crippen LogP contribution is -2.16. The molecule has 4 nitrogen and oxygen atoms in total. The van der Waals surface area contributed by atoms with E-state index in [9.17, 15) is 8.42 Å². The van der Waals surface area contributed by atoms with Crippen molar-refractivity contribution >= 4 is 38.7 Å². The number of sulfone groups is 1. The molecular weight excluding hydrogens is 307 g/mol. The summed E-state index contributed by atoms with van der Waals surface area (Å²) in [5.41, 5.74) is 0.504. The second kappa shape index (κ2) is 6.29. The Hall–Kier alpha value is -1.22. The number of allylic oxidation sites excluding steroid dienone is 1. The third-order valence-corrected chi connectivity index (χ3v) is 4.77. The summed E-state index contributed by atoms with van der Waals surface area (Å²) in [5, 5.41) is 11.8. The van der Waals surface area contributed by atoms with Crippen molar-refractivity contribution in [2.75, 3.05) is 5.32 Å². The van der Waals surface area contributed by atoms with Crippen LogP contribution in [-0.2, 0) is 9.84 Å². The minimum absolute atomic E-state index is 0.335. The van der Waals surface area contributed by atoms with Gasteiger partial charge in [0.25, 0.3) is 0 Å². The van der Waals surface area contributed by atoms with Gasteiger partial charge in [-0.2, -0.15) is 5.26 Å². The topological polar surface area (TPSA) is 70.0 Å². The maximum absolute atomic E-state index is 11.8. The van der Waals surface area contributed by atoms with E-state index in [0.717, 1.165) is 6.20 Å². The Labute approximate surface area is 122 Å². The highest BCUT2D eigenvalue weighted by Gasteiger charge is 2.21. The summed E-state index contributed by atoms with van der Waals surface area (Å²) >= 11 is 11.6. The first-order valence-corrected chi connectivity index (χ1v) is 7.64. The second-order valence-corrected chi connectivity index (χ2v) is 7.36. The van der Waals surface area contributed by atoms with E-state index in [1.165, 1.54) is 13.8 Å². The highest BCUT2D eigenvalue weighted by molar-refractivity contribution is 7.96. The zero-order valence-electron chi connectivity index (χ0n) is 10.3. The van der Waals surface area contributed by atoms with E-state index in [1.807, 2.05) is 0 Å². The van der Waals surface area contributed by atoms with Gasteiger partial charge < -0.3 is 5.32 Å². The molecule has 1 N–H and O–H groups in total. The molecule has 0 saturated carbocycles. The van der Waals surface area contributed by atoms with Gasteiger partial charge in [-0.15, -0.1) is 0 Å². The van der Waals surface area contributed by atoms with Crippen LogP contribution in [0.15, 0.2) is 29.3 Å². The minimum Gasteiger partial charge on any atom is -0.360 e. The van der Waals surface area contributed by atoms with E-state index in [0.29, 0.717) is 15.7 Å². The highest BCUT2D eigenvalue weighted by Crippen LogP contribution is 2.23. The van der Waals surface area contributed by atoms with Gasteiger partial charge >= 0.3 is 0 Å². The molecule has 0 radical (unpaired) electrons. The van der Waals surface area contributed by atoms with Gasteiger partial charge in [0.1, 0.15) is 6.07 Å². The van der Waals surface area contributed by atoms with Crippen LogP contribution in [-0.4, -0.2) is 13.7 Å². The first-order valence-electron chi connectivity index (χ1n) is 5.34. The molecule has 0 atom stereocenters. The standard InChI is InChI=1S/C12H12Cl2N2O2S/c1-8(2)19(17,18)12(6-15)7-16-11-4-9(13)3-10(14)5-11/h3-5,7-8,16H,1-2H3/b12-7+. The van der Waals surface area contributed by atoms with Gasteiger partial charge in [0.2, 0.25) is 0 Å². The molecule has 0 aliphatic carbocycles. The molecule has 0 amide bonds. The summed E-state index contributed by atoms with van der Waals surface area (Å²) < 4.78 is 23.7. The fraction of sp³-hybridized carbons (Fsp3) is 0.250. The number of hydrogen-bond donors (Lipinski definition) is 1. The third-order valence-electron chi connectivity index (χ3n) is 2.27. The molecule has 1 aromatic carbocycles. The molecule has 0 aliphatic rings. The van der Waals surface area contributed by atoms with Crippen LogP contribution in [0.4, 0.5) is 5.69 Å². The van der Waals surface area contributed by atoms with Crippen molar-refractivity contribution in [3.63, 3.8) is 0 Å². The highest BCUT2D eigenvalue weighted by atomic mass is 35.5. The fourth-order valence-corrected chi connectivity index (χ4v) is 2.60. The van der Waals surface area contributed by atoms with Crippen LogP contribution in [0.5, 0.6) is 0 Å². The molecule has 0 spiro atoms. The molecule has 0 fully saturated rings. The lowest BCUT2D eigenvalue weighted by Gasteiger charge is -2.07. The first-order chi connectivity index (χ1) is 8.77. The lowest BCUT2D eigenvalue weighted by atomic mass is 10.3. The minimum atomic E-state index is -3.61. The predicted octanol–water partition coefficient (Wildman–Crippen LogP) is 3.59. The van der Waals surface area contributed by atoms with Crippen molar-refractivity contribution in [1.82, 2.24) is 0 Å². The quantitative estimate of drug-likeness (QED) is 0.861. The molecule has 0 heterocycles. The van der Waals surface area contributed by atoms with Gasteiger partial charge in [-0.3, -0.25) is 0 Å². The Morgan fingerprint density at radius 1 is 1.32 bits per heavy atom. The van der Waals surface area contributed by atoms with Crippen LogP contribution in [0.2, 0.25) is 10.0 Å². The molecule has 0 aromatic heterocycles. The second-order valence-electron chi connectivity index (χ2n) is 4.02. The zero-order valence-corrected chi connectivity index (χ0v) is 12.6. The molecule has 0 unspecified atom stereocenters. The summed E-state index contributed by atoms with van der Waals surface area (Å²) in [5.74, 6) is 0. The average molecular weight is 319 g/mol. The van der Waals surface area contributed by atoms with Crippen LogP contribution in [0.3, 0.4) is 0 Å². The van der Waals surface area contributed by atoms with Crippen LogP contribution in [0.25, 0.3) is 0 Å². The van der Waals surface area contributed by atoms with Gasteiger partial charge in [-0.1, -0.05) is 23.2 Å². The monoisotopic (exact) mass is 318 g/mol. The summed E-state index contributed by atoms with van der Waals surface area (Å²) in [6.07, 6.45) is 1.14. The normalized spacial score (nSPS) is 12.3. The predicted molar refractivity (Wildman–Crippen MR) is 77.8 cm³/mol. The number of hydrogen-bond acceptors (Lipinski definition) is 4. The molecule has 7 heteroatoms. The van der Waals surface area contributed by atoms with E-state index in [4.69, 9.17) is 28.5 Å². The number of benzene rings is 1. The summed E-state index contributed by atoms with van der Waals surface area (Å²) in [6.45, 7) is 3.02. The number of nitrogens with one attached hydrogen (secondary N) is 1. The Bertz CT molecular complexity index is 626. The Balaban J connectivity index is 3.06. The van der Waals surface area contributed by atoms with Crippen LogP contribution in [0, 0.1) is 11.3 Å². The van der Waals surface area contributed by atoms with Gasteiger partial charge in [-0.05, 0) is 32.0 Å². The molecule has 102 valence electrons. The van der Waals surface area contributed by atoms with Crippen LogP contribution < -0.4 is 5.32 Å². The largest absolute Gasteiger partial charge is 0.360 e. The van der Waals surface area contributed by atoms with E-state index < -0.39 is 15.1 Å². The van der Waals surface area contributed by atoms with E-state index >= 15 is 0 Å². The van der Waals surface area contributed by atoms with Gasteiger partial charge in [-0.25, -0.2) is 8.42 Å². The number of nitrogens with zero attached hydrogens (tertiary/aromatic N) is 1. The molecule has 19 heavy (non-hydrogen) atoms. The van der Waals surface area contributed by atoms with E-state index in [-0.39, 0.29) is 4.91 Å². The molecule has 1 aromatic rings. The average Bonchev–Trinajstić information content (AvgIpc) is 2.27. The maximum atomic E-state index is 11.8. The molecule has 0 bridgehead atoms. The third kappa shape index (κ3) is 4.13. The van der Waals surface area contributed by atoms with Crippen molar-refractivity contribution in [3.05, 3.63) is 39.3 Å². The zero-order chi connectivity index (χ0) is 14.6. The Morgan fingerprint density at radius 2 is 1.84 bits per heavy atom. The van der Waals surface area contributed by atoms with Crippen molar-refractivity contribution in [2.45, 2.75) is 19.1 Å². The van der Waals surface area contributed by atoms with E-state index in [2.05, 4.69) is 5.32 Å². The molecule has 0 saturated heterocycles. The summed E-state index contributed by atoms with van der Waals surface area (Å²) in [4.78, 5) is -0.335. The summed E-state index contributed by atoms with van der Waals surface area (Å²) in [7, 11) is -3.61. The van der Waals surface area contributed by atoms with Crippen molar-refractivity contribution in [2.24, 2.45) is 0 Å². The van der Waals surface area contributed by atoms with Crippen molar-refractivity contribution in [3.8, 4) is 6.07 Å². The van der Waals surface area contributed by atoms with Gasteiger partial charge in [0.15, 0.2) is 14.7 Å². The lowest BCUT2D eigenvalue weighted by molar-refractivity contribution is 0.595. The van der Waals surface area contributed by atoms with Crippen LogP contribution in [0.1, 0.15) is 13.8 Å². The number of halogens is 2. The van der Waals surface area contributed by atoms with Crippen molar-refractivity contribution in [1.29, 1.82) is 5.26 Å². The molecular formula is C12H12Cl2N2O2S. The summed E-state index contributed by atoms with van der Waals surface area (Å²) in [6, 6.07) is 6.36. The number of nitriles is 1. The smallest absolute Gasteiger partial charge is 0.192 e. The van der Waals surface area contributed by atoms with Crippen LogP contribution >= 0.6 is 23.2 Å². The Kier molecular flexibility index (Phi) is 5.24. The van der Waals surface area contributed by atoms with E-state index in [1.54, 1.807) is 24.3 Å². The number of anilines is 1. The maximum Gasteiger partial charge on any atom is 0.192 e.